The molecule has 1 atom stereocenters. The Morgan fingerprint density at radius 3 is 1.40 bits per heavy atom. The Kier molecular flexibility index (Phi) is 7.28. The van der Waals surface area contributed by atoms with Crippen LogP contribution < -0.4 is 0 Å². The van der Waals surface area contributed by atoms with Gasteiger partial charge in [0.05, 0.1) is 0 Å². The lowest BCUT2D eigenvalue weighted by Crippen LogP contribution is -2.53. The van der Waals surface area contributed by atoms with Crippen LogP contribution in [0.1, 0.15) is 48.9 Å². The van der Waals surface area contributed by atoms with Crippen molar-refractivity contribution < 1.29 is 26.3 Å². The highest BCUT2D eigenvalue weighted by atomic mass is 19.4. The third-order valence-electron chi connectivity index (χ3n) is 5.77. The lowest BCUT2D eigenvalue weighted by molar-refractivity contribution is -0.376. The van der Waals surface area contributed by atoms with E-state index in [1.54, 1.807) is 38.1 Å². The summed E-state index contributed by atoms with van der Waals surface area (Å²) in [5.41, 5.74) is 2.28. The Balaban J connectivity index is 2.65. The molecule has 30 heavy (non-hydrogen) atoms. The highest BCUT2D eigenvalue weighted by molar-refractivity contribution is 5.41. The van der Waals surface area contributed by atoms with Crippen LogP contribution in [0.15, 0.2) is 48.5 Å². The summed E-state index contributed by atoms with van der Waals surface area (Å²) in [5, 5.41) is 0. The van der Waals surface area contributed by atoms with Gasteiger partial charge < -0.3 is 0 Å². The molecule has 2 aromatic rings. The van der Waals surface area contributed by atoms with Crippen molar-refractivity contribution >= 4 is 0 Å². The summed E-state index contributed by atoms with van der Waals surface area (Å²) in [5.74, 6) is -0.920. The molecule has 0 aliphatic heterocycles. The molecule has 2 aromatic carbocycles. The summed E-state index contributed by atoms with van der Waals surface area (Å²) in [6.45, 7) is 6.10. The minimum absolute atomic E-state index is 0.209. The molecule has 0 radical (unpaired) electrons. The van der Waals surface area contributed by atoms with Gasteiger partial charge in [-0.2, -0.15) is 26.3 Å². The average Bonchev–Trinajstić information content (AvgIpc) is 2.63. The number of hydrogen-bond donors (Lipinski definition) is 0. The predicted molar refractivity (Wildman–Crippen MR) is 106 cm³/mol. The van der Waals surface area contributed by atoms with E-state index in [1.807, 2.05) is 38.1 Å². The molecule has 1 nitrogen and oxygen atoms in total. The molecule has 0 fully saturated rings. The topological polar surface area (TPSA) is 3.24 Å². The van der Waals surface area contributed by atoms with E-state index in [0.29, 0.717) is 17.5 Å². The van der Waals surface area contributed by atoms with Crippen LogP contribution in [0, 0.1) is 19.8 Å². The second kappa shape index (κ2) is 9.00. The first-order valence-corrected chi connectivity index (χ1v) is 9.85. The zero-order valence-corrected chi connectivity index (χ0v) is 17.5. The van der Waals surface area contributed by atoms with Crippen LogP contribution in [0.5, 0.6) is 0 Å². The fraction of sp³-hybridized carbons (Fsp3) is 0.478. The first-order valence-electron chi connectivity index (χ1n) is 9.85. The van der Waals surface area contributed by atoms with Crippen molar-refractivity contribution in [3.8, 4) is 0 Å². The molecule has 0 spiro atoms. The fourth-order valence-electron chi connectivity index (χ4n) is 3.92. The van der Waals surface area contributed by atoms with Gasteiger partial charge in [0.25, 0.3) is 0 Å². The minimum atomic E-state index is -5.51. The monoisotopic (exact) mass is 431 g/mol. The first-order chi connectivity index (χ1) is 13.8. The van der Waals surface area contributed by atoms with Gasteiger partial charge in [-0.3, -0.25) is 0 Å². The van der Waals surface area contributed by atoms with Crippen molar-refractivity contribution in [1.82, 2.24) is 4.90 Å². The summed E-state index contributed by atoms with van der Waals surface area (Å²) < 4.78 is 79.9. The quantitative estimate of drug-likeness (QED) is 0.327. The molecular weight excluding hydrogens is 404 g/mol. The molecule has 0 aromatic heterocycles. The van der Waals surface area contributed by atoms with Gasteiger partial charge in [0, 0.05) is 12.0 Å². The molecule has 0 amide bonds. The lowest BCUT2D eigenvalue weighted by Gasteiger charge is -2.42. The largest absolute Gasteiger partial charge is 0.467 e. The van der Waals surface area contributed by atoms with E-state index in [4.69, 9.17) is 0 Å². The number of aryl methyl sites for hydroxylation is 2. The highest BCUT2D eigenvalue weighted by Crippen LogP contribution is 2.44. The van der Waals surface area contributed by atoms with Crippen molar-refractivity contribution in [3.63, 3.8) is 0 Å². The van der Waals surface area contributed by atoms with E-state index in [0.717, 1.165) is 11.1 Å². The van der Waals surface area contributed by atoms with E-state index in [1.165, 1.54) is 0 Å². The molecule has 0 aliphatic carbocycles. The molecular formula is C23H27F6N. The predicted octanol–water partition coefficient (Wildman–Crippen LogP) is 7.37. The molecule has 0 bridgehead atoms. The number of halogens is 6. The second-order valence-corrected chi connectivity index (χ2v) is 7.97. The second-order valence-electron chi connectivity index (χ2n) is 7.97. The number of hydrogen-bond acceptors (Lipinski definition) is 1. The summed E-state index contributed by atoms with van der Waals surface area (Å²) in [6, 6.07) is 14.5. The van der Waals surface area contributed by atoms with E-state index >= 15 is 0 Å². The van der Waals surface area contributed by atoms with Gasteiger partial charge >= 0.3 is 12.6 Å². The van der Waals surface area contributed by atoms with Crippen LogP contribution in [0.3, 0.4) is 0 Å². The maximum absolute atomic E-state index is 13.3. The zero-order valence-electron chi connectivity index (χ0n) is 17.5. The van der Waals surface area contributed by atoms with Crippen molar-refractivity contribution in [3.05, 3.63) is 70.8 Å². The molecule has 0 heterocycles. The van der Waals surface area contributed by atoms with Gasteiger partial charge in [-0.05, 0) is 37.3 Å². The molecule has 1 unspecified atom stereocenters. The van der Waals surface area contributed by atoms with E-state index < -0.39 is 35.4 Å². The molecule has 7 heteroatoms. The molecule has 2 rings (SSSR count). The summed E-state index contributed by atoms with van der Waals surface area (Å²) in [4.78, 5) is -1.29. The smallest absolute Gasteiger partial charge is 0.155 e. The number of nitrogens with zero attached hydrogens (tertiary/aromatic N) is 1. The normalized spacial score (nSPS) is 14.2. The van der Waals surface area contributed by atoms with Gasteiger partial charge in [-0.1, -0.05) is 79.9 Å². The Bertz CT molecular complexity index is 746. The van der Waals surface area contributed by atoms with Crippen LogP contribution >= 0.6 is 0 Å². The molecule has 0 aliphatic rings. The SMILES string of the molecule is CCCC(CN(C(F)(F)F)C(F)(F)F)C(C)(c1ccc(C)cc1)c1ccc(C)cc1. The molecule has 0 N–H and O–H groups in total. The van der Waals surface area contributed by atoms with Crippen molar-refractivity contribution in [2.75, 3.05) is 6.54 Å². The van der Waals surface area contributed by atoms with Crippen molar-refractivity contribution in [2.45, 2.75) is 58.6 Å². The Morgan fingerprint density at radius 1 is 0.733 bits per heavy atom. The molecule has 0 saturated heterocycles. The van der Waals surface area contributed by atoms with Crippen LogP contribution in [0.25, 0.3) is 0 Å². The minimum Gasteiger partial charge on any atom is -0.155 e. The van der Waals surface area contributed by atoms with Crippen LogP contribution in [0.4, 0.5) is 26.3 Å². The van der Waals surface area contributed by atoms with Crippen molar-refractivity contribution in [2.24, 2.45) is 5.92 Å². The summed E-state index contributed by atoms with van der Waals surface area (Å²) >= 11 is 0. The van der Waals surface area contributed by atoms with Crippen LogP contribution in [-0.2, 0) is 5.41 Å². The Hall–Kier alpha value is -2.02. The third-order valence-corrected chi connectivity index (χ3v) is 5.77. The summed E-state index contributed by atoms with van der Waals surface area (Å²) in [6.07, 6.45) is -10.3. The molecule has 166 valence electrons. The lowest BCUT2D eigenvalue weighted by atomic mass is 9.65. The third kappa shape index (κ3) is 5.36. The zero-order chi connectivity index (χ0) is 22.7. The highest BCUT2D eigenvalue weighted by Gasteiger charge is 2.55. The van der Waals surface area contributed by atoms with Crippen LogP contribution in [0.2, 0.25) is 0 Å². The van der Waals surface area contributed by atoms with Crippen molar-refractivity contribution in [1.29, 1.82) is 0 Å². The first kappa shape index (κ1) is 24.3. The number of alkyl halides is 6. The van der Waals surface area contributed by atoms with Gasteiger partial charge in [-0.25, -0.2) is 0 Å². The van der Waals surface area contributed by atoms with Gasteiger partial charge in [0.2, 0.25) is 0 Å². The number of benzene rings is 2. The van der Waals surface area contributed by atoms with Gasteiger partial charge in [0.1, 0.15) is 0 Å². The Morgan fingerprint density at radius 2 is 1.10 bits per heavy atom. The van der Waals surface area contributed by atoms with Gasteiger partial charge in [-0.15, -0.1) is 4.90 Å². The average molecular weight is 431 g/mol. The fourth-order valence-corrected chi connectivity index (χ4v) is 3.92. The Labute approximate surface area is 173 Å². The van der Waals surface area contributed by atoms with Gasteiger partial charge in [0.15, 0.2) is 0 Å². The maximum Gasteiger partial charge on any atom is 0.467 e. The van der Waals surface area contributed by atoms with E-state index in [2.05, 4.69) is 0 Å². The number of rotatable bonds is 7. The molecule has 0 saturated carbocycles. The maximum atomic E-state index is 13.3. The van der Waals surface area contributed by atoms with Crippen LogP contribution in [-0.4, -0.2) is 24.0 Å². The van der Waals surface area contributed by atoms with E-state index in [-0.39, 0.29) is 6.42 Å². The van der Waals surface area contributed by atoms with E-state index in [9.17, 15) is 26.3 Å². The summed E-state index contributed by atoms with van der Waals surface area (Å²) in [7, 11) is 0. The standard InChI is InChI=1S/C23H27F6N/c1-5-6-20(15-30(22(24,25)26)23(27,28)29)21(4,18-11-7-16(2)8-12-18)19-13-9-17(3)10-14-19/h7-14,20H,5-6,15H2,1-4H3.